The predicted octanol–water partition coefficient (Wildman–Crippen LogP) is 3.26. The Morgan fingerprint density at radius 1 is 0.962 bits per heavy atom. The molecule has 1 N–H and O–H groups in total. The van der Waals surface area contributed by atoms with Gasteiger partial charge in [-0.25, -0.2) is 4.79 Å². The van der Waals surface area contributed by atoms with Gasteiger partial charge in [-0.15, -0.1) is 0 Å². The molecule has 0 aliphatic carbocycles. The van der Waals surface area contributed by atoms with Gasteiger partial charge in [0.2, 0.25) is 0 Å². The normalized spacial score (nSPS) is 10.7. The lowest BCUT2D eigenvalue weighted by Gasteiger charge is -2.07. The van der Waals surface area contributed by atoms with Gasteiger partial charge in [0, 0.05) is 23.8 Å². The Morgan fingerprint density at radius 2 is 1.58 bits per heavy atom. The predicted molar refractivity (Wildman–Crippen MR) is 99.2 cm³/mol. The highest BCUT2D eigenvalue weighted by atomic mass is 16.5. The Labute approximate surface area is 152 Å². The lowest BCUT2D eigenvalue weighted by atomic mass is 10.0. The van der Waals surface area contributed by atoms with Crippen molar-refractivity contribution in [2.24, 2.45) is 0 Å². The van der Waals surface area contributed by atoms with Gasteiger partial charge < -0.3 is 14.6 Å². The van der Waals surface area contributed by atoms with Gasteiger partial charge in [-0.2, -0.15) is 0 Å². The Hall–Kier alpha value is -2.92. The number of aliphatic hydroxyl groups excluding tert-OH is 1. The molecule has 0 atom stereocenters. The molecule has 0 bridgehead atoms. The first-order chi connectivity index (χ1) is 12.6. The SMILES string of the molecule is COC(=O)C=Cc1ccc(C(=O)c2ccc(OCCCCO)cc2)cc1. The Balaban J connectivity index is 1.97. The summed E-state index contributed by atoms with van der Waals surface area (Å²) >= 11 is 0. The molecule has 0 aliphatic heterocycles. The Kier molecular flexibility index (Phi) is 7.58. The second-order valence-corrected chi connectivity index (χ2v) is 5.61. The molecule has 0 fully saturated rings. The second-order valence-electron chi connectivity index (χ2n) is 5.61. The van der Waals surface area contributed by atoms with Crippen molar-refractivity contribution >= 4 is 17.8 Å². The highest BCUT2D eigenvalue weighted by molar-refractivity contribution is 6.09. The van der Waals surface area contributed by atoms with E-state index in [9.17, 15) is 9.59 Å². The van der Waals surface area contributed by atoms with Crippen LogP contribution in [0.4, 0.5) is 0 Å². The van der Waals surface area contributed by atoms with Crippen LogP contribution in [0.2, 0.25) is 0 Å². The van der Waals surface area contributed by atoms with Crippen LogP contribution in [-0.2, 0) is 9.53 Å². The summed E-state index contributed by atoms with van der Waals surface area (Å²) in [6.45, 7) is 0.697. The average Bonchev–Trinajstić information content (AvgIpc) is 2.69. The van der Waals surface area contributed by atoms with Crippen LogP contribution >= 0.6 is 0 Å². The van der Waals surface area contributed by atoms with E-state index in [1.165, 1.54) is 13.2 Å². The quantitative estimate of drug-likeness (QED) is 0.324. The molecule has 0 spiro atoms. The van der Waals surface area contributed by atoms with E-state index in [-0.39, 0.29) is 12.4 Å². The summed E-state index contributed by atoms with van der Waals surface area (Å²) in [7, 11) is 1.32. The van der Waals surface area contributed by atoms with Crippen molar-refractivity contribution < 1.29 is 24.2 Å². The number of esters is 1. The maximum Gasteiger partial charge on any atom is 0.330 e. The third-order valence-electron chi connectivity index (χ3n) is 3.72. The molecule has 0 heterocycles. The Morgan fingerprint density at radius 3 is 2.15 bits per heavy atom. The van der Waals surface area contributed by atoms with Crippen molar-refractivity contribution in [3.8, 4) is 5.75 Å². The smallest absolute Gasteiger partial charge is 0.330 e. The number of ether oxygens (including phenoxy) is 2. The molecule has 5 nitrogen and oxygen atoms in total. The highest BCUT2D eigenvalue weighted by Crippen LogP contribution is 2.16. The highest BCUT2D eigenvalue weighted by Gasteiger charge is 2.09. The summed E-state index contributed by atoms with van der Waals surface area (Å²) < 4.78 is 10.1. The molecule has 0 aliphatic rings. The van der Waals surface area contributed by atoms with E-state index >= 15 is 0 Å². The van der Waals surface area contributed by atoms with Gasteiger partial charge in [-0.1, -0.05) is 24.3 Å². The van der Waals surface area contributed by atoms with Crippen LogP contribution in [0.3, 0.4) is 0 Å². The van der Waals surface area contributed by atoms with Crippen LogP contribution in [0.5, 0.6) is 5.75 Å². The number of hydrogen-bond donors (Lipinski definition) is 1. The number of methoxy groups -OCH3 is 1. The fourth-order valence-corrected chi connectivity index (χ4v) is 2.25. The first-order valence-corrected chi connectivity index (χ1v) is 8.38. The van der Waals surface area contributed by atoms with Gasteiger partial charge in [0.05, 0.1) is 13.7 Å². The fraction of sp³-hybridized carbons (Fsp3) is 0.238. The van der Waals surface area contributed by atoms with E-state index in [4.69, 9.17) is 9.84 Å². The number of ketones is 1. The molecule has 2 rings (SSSR count). The fourth-order valence-electron chi connectivity index (χ4n) is 2.25. The van der Waals surface area contributed by atoms with Crippen molar-refractivity contribution in [1.29, 1.82) is 0 Å². The summed E-state index contributed by atoms with van der Waals surface area (Å²) in [5.74, 6) is 0.187. The number of hydrogen-bond acceptors (Lipinski definition) is 5. The first-order valence-electron chi connectivity index (χ1n) is 8.38. The molecule has 0 unspecified atom stereocenters. The zero-order valence-corrected chi connectivity index (χ0v) is 14.7. The van der Waals surface area contributed by atoms with Crippen molar-refractivity contribution in [3.05, 3.63) is 71.3 Å². The monoisotopic (exact) mass is 354 g/mol. The molecule has 0 saturated heterocycles. The summed E-state index contributed by atoms with van der Waals surface area (Å²) in [6, 6.07) is 14.0. The minimum Gasteiger partial charge on any atom is -0.494 e. The summed E-state index contributed by atoms with van der Waals surface area (Å²) in [5, 5.41) is 8.73. The van der Waals surface area contributed by atoms with E-state index in [0.717, 1.165) is 12.0 Å². The van der Waals surface area contributed by atoms with Crippen LogP contribution in [0.1, 0.15) is 34.3 Å². The van der Waals surface area contributed by atoms with E-state index in [0.29, 0.717) is 29.9 Å². The largest absolute Gasteiger partial charge is 0.494 e. The zero-order chi connectivity index (χ0) is 18.8. The number of benzene rings is 2. The maximum absolute atomic E-state index is 12.5. The minimum absolute atomic E-state index is 0.0830. The van der Waals surface area contributed by atoms with Gasteiger partial charge in [0.25, 0.3) is 0 Å². The second kappa shape index (κ2) is 10.2. The zero-order valence-electron chi connectivity index (χ0n) is 14.7. The number of carbonyl (C=O) groups excluding carboxylic acids is 2. The van der Waals surface area contributed by atoms with Crippen LogP contribution in [0.15, 0.2) is 54.6 Å². The lowest BCUT2D eigenvalue weighted by Crippen LogP contribution is -2.02. The van der Waals surface area contributed by atoms with Gasteiger partial charge in [-0.05, 0) is 48.7 Å². The standard InChI is InChI=1S/C21H22O5/c1-25-20(23)13-6-16-4-7-17(8-5-16)21(24)18-9-11-19(12-10-18)26-15-3-2-14-22/h4-13,22H,2-3,14-15H2,1H3. The molecule has 0 amide bonds. The topological polar surface area (TPSA) is 72.8 Å². The molecule has 2 aromatic carbocycles. The molecule has 5 heteroatoms. The molecule has 2 aromatic rings. The van der Waals surface area contributed by atoms with Crippen LogP contribution < -0.4 is 4.74 Å². The summed E-state index contributed by atoms with van der Waals surface area (Å²) in [6.07, 6.45) is 4.45. The van der Waals surface area contributed by atoms with E-state index in [1.54, 1.807) is 54.6 Å². The van der Waals surface area contributed by atoms with E-state index in [1.807, 2.05) is 0 Å². The number of rotatable bonds is 9. The molecule has 136 valence electrons. The molecule has 0 saturated carbocycles. The van der Waals surface area contributed by atoms with Crippen LogP contribution in [0.25, 0.3) is 6.08 Å². The first kappa shape index (κ1) is 19.4. The van der Waals surface area contributed by atoms with Gasteiger partial charge >= 0.3 is 5.97 Å². The average molecular weight is 354 g/mol. The van der Waals surface area contributed by atoms with Gasteiger partial charge in [0.1, 0.15) is 5.75 Å². The van der Waals surface area contributed by atoms with E-state index in [2.05, 4.69) is 4.74 Å². The van der Waals surface area contributed by atoms with Crippen LogP contribution in [-0.4, -0.2) is 37.2 Å². The molecular weight excluding hydrogens is 332 g/mol. The lowest BCUT2D eigenvalue weighted by molar-refractivity contribution is -0.134. The Bertz CT molecular complexity index is 745. The maximum atomic E-state index is 12.5. The van der Waals surface area contributed by atoms with Crippen LogP contribution in [0, 0.1) is 0 Å². The van der Waals surface area contributed by atoms with Crippen molar-refractivity contribution in [2.45, 2.75) is 12.8 Å². The number of unbranched alkanes of at least 4 members (excludes halogenated alkanes) is 1. The van der Waals surface area contributed by atoms with Gasteiger partial charge in [-0.3, -0.25) is 4.79 Å². The number of carbonyl (C=O) groups is 2. The van der Waals surface area contributed by atoms with Crippen molar-refractivity contribution in [3.63, 3.8) is 0 Å². The molecule has 26 heavy (non-hydrogen) atoms. The molecule has 0 aromatic heterocycles. The molecular formula is C21H22O5. The summed E-state index contributed by atoms with van der Waals surface area (Å²) in [5.41, 5.74) is 1.95. The third kappa shape index (κ3) is 5.86. The third-order valence-corrected chi connectivity index (χ3v) is 3.72. The van der Waals surface area contributed by atoms with E-state index < -0.39 is 5.97 Å². The summed E-state index contributed by atoms with van der Waals surface area (Å²) in [4.78, 5) is 23.6. The minimum atomic E-state index is -0.427. The van der Waals surface area contributed by atoms with Crippen molar-refractivity contribution in [2.75, 3.05) is 20.3 Å². The number of aliphatic hydroxyl groups is 1. The molecule has 0 radical (unpaired) electrons. The van der Waals surface area contributed by atoms with Crippen molar-refractivity contribution in [1.82, 2.24) is 0 Å². The van der Waals surface area contributed by atoms with Gasteiger partial charge in [0.15, 0.2) is 5.78 Å².